The Balaban J connectivity index is 2.90. The van der Waals surface area contributed by atoms with E-state index in [0.29, 0.717) is 11.1 Å². The molecule has 1 aromatic carbocycles. The summed E-state index contributed by atoms with van der Waals surface area (Å²) < 4.78 is 5.90. The van der Waals surface area contributed by atoms with E-state index in [2.05, 4.69) is 15.9 Å². The Morgan fingerprint density at radius 3 is 2.93 bits per heavy atom. The summed E-state index contributed by atoms with van der Waals surface area (Å²) in [5.41, 5.74) is -0.0334. The van der Waals surface area contributed by atoms with Crippen molar-refractivity contribution < 1.29 is 9.66 Å². The number of allylic oxidation sites excluding steroid dienone is 1. The Kier molecular flexibility index (Phi) is 4.30. The summed E-state index contributed by atoms with van der Waals surface area (Å²) in [5, 5.41) is 10.7. The number of halogens is 1. The Bertz CT molecular complexity index is 390. The maximum Gasteiger partial charge on any atom is 0.312 e. The average molecular weight is 272 g/mol. The van der Waals surface area contributed by atoms with Crippen molar-refractivity contribution in [2.45, 2.75) is 6.92 Å². The van der Waals surface area contributed by atoms with E-state index < -0.39 is 4.92 Å². The van der Waals surface area contributed by atoms with Gasteiger partial charge in [0, 0.05) is 10.5 Å². The quantitative estimate of drug-likeness (QED) is 0.480. The van der Waals surface area contributed by atoms with Crippen molar-refractivity contribution in [3.63, 3.8) is 0 Å². The van der Waals surface area contributed by atoms with Crippen LogP contribution in [-0.4, -0.2) is 11.5 Å². The van der Waals surface area contributed by atoms with E-state index in [0.717, 1.165) is 0 Å². The molecule has 0 aromatic heterocycles. The van der Waals surface area contributed by atoms with Crippen molar-refractivity contribution in [3.05, 3.63) is 44.9 Å². The molecule has 0 atom stereocenters. The van der Waals surface area contributed by atoms with Crippen LogP contribution < -0.4 is 4.74 Å². The number of nitro benzene ring substituents is 1. The molecule has 15 heavy (non-hydrogen) atoms. The molecular formula is C10H10BrNO3. The van der Waals surface area contributed by atoms with E-state index in [1.807, 2.05) is 13.0 Å². The second-order valence-electron chi connectivity index (χ2n) is 2.75. The molecule has 5 heteroatoms. The minimum Gasteiger partial charge on any atom is -0.483 e. The summed E-state index contributed by atoms with van der Waals surface area (Å²) in [4.78, 5) is 10.2. The largest absolute Gasteiger partial charge is 0.483 e. The fourth-order valence-electron chi connectivity index (χ4n) is 0.989. The van der Waals surface area contributed by atoms with Crippen molar-refractivity contribution in [3.8, 4) is 5.75 Å². The first-order chi connectivity index (χ1) is 7.15. The third kappa shape index (κ3) is 3.36. The zero-order valence-electron chi connectivity index (χ0n) is 8.14. The van der Waals surface area contributed by atoms with Gasteiger partial charge >= 0.3 is 5.69 Å². The molecule has 0 saturated heterocycles. The van der Waals surface area contributed by atoms with Crippen LogP contribution in [0.1, 0.15) is 6.92 Å². The molecule has 0 amide bonds. The third-order valence-corrected chi connectivity index (χ3v) is 2.18. The highest BCUT2D eigenvalue weighted by molar-refractivity contribution is 9.10. The molecule has 0 N–H and O–H groups in total. The van der Waals surface area contributed by atoms with E-state index >= 15 is 0 Å². The van der Waals surface area contributed by atoms with Crippen molar-refractivity contribution in [1.82, 2.24) is 0 Å². The molecular weight excluding hydrogens is 262 g/mol. The van der Waals surface area contributed by atoms with Crippen LogP contribution in [-0.2, 0) is 0 Å². The summed E-state index contributed by atoms with van der Waals surface area (Å²) in [6.45, 7) is 2.19. The fourth-order valence-corrected chi connectivity index (χ4v) is 1.34. The molecule has 0 unspecified atom stereocenters. The molecule has 0 aliphatic rings. The molecule has 0 spiro atoms. The van der Waals surface area contributed by atoms with E-state index in [4.69, 9.17) is 4.74 Å². The third-order valence-electron chi connectivity index (χ3n) is 1.69. The van der Waals surface area contributed by atoms with Gasteiger partial charge in [-0.15, -0.1) is 0 Å². The van der Waals surface area contributed by atoms with Crippen molar-refractivity contribution in [2.75, 3.05) is 6.61 Å². The van der Waals surface area contributed by atoms with Gasteiger partial charge in [0.05, 0.1) is 4.92 Å². The average Bonchev–Trinajstić information content (AvgIpc) is 2.20. The SMILES string of the molecule is CC=CCOc1ccc(Br)cc1[N+](=O)[O-]. The monoisotopic (exact) mass is 271 g/mol. The lowest BCUT2D eigenvalue weighted by Gasteiger charge is -2.03. The van der Waals surface area contributed by atoms with Gasteiger partial charge in [0.15, 0.2) is 5.75 Å². The van der Waals surface area contributed by atoms with E-state index in [1.165, 1.54) is 6.07 Å². The van der Waals surface area contributed by atoms with Crippen LogP contribution in [0.25, 0.3) is 0 Å². The number of ether oxygens (including phenoxy) is 1. The Morgan fingerprint density at radius 1 is 1.60 bits per heavy atom. The fraction of sp³-hybridized carbons (Fsp3) is 0.200. The van der Waals surface area contributed by atoms with Crippen LogP contribution in [0.3, 0.4) is 0 Å². The summed E-state index contributed by atoms with van der Waals surface area (Å²) in [5.74, 6) is 0.279. The van der Waals surface area contributed by atoms with E-state index in [1.54, 1.807) is 18.2 Å². The Hall–Kier alpha value is -1.36. The number of rotatable bonds is 4. The molecule has 0 bridgehead atoms. The first-order valence-electron chi connectivity index (χ1n) is 4.33. The lowest BCUT2D eigenvalue weighted by atomic mass is 10.3. The smallest absolute Gasteiger partial charge is 0.312 e. The number of nitrogens with zero attached hydrogens (tertiary/aromatic N) is 1. The number of hydrogen-bond donors (Lipinski definition) is 0. The minimum atomic E-state index is -0.463. The van der Waals surface area contributed by atoms with E-state index in [9.17, 15) is 10.1 Å². The summed E-state index contributed by atoms with van der Waals surface area (Å²) in [6, 6.07) is 4.70. The van der Waals surface area contributed by atoms with Gasteiger partial charge < -0.3 is 4.74 Å². The lowest BCUT2D eigenvalue weighted by molar-refractivity contribution is -0.385. The molecule has 0 aliphatic carbocycles. The highest BCUT2D eigenvalue weighted by Gasteiger charge is 2.14. The Morgan fingerprint density at radius 2 is 2.33 bits per heavy atom. The van der Waals surface area contributed by atoms with Gasteiger partial charge in [-0.3, -0.25) is 10.1 Å². The topological polar surface area (TPSA) is 52.4 Å². The summed E-state index contributed by atoms with van der Waals surface area (Å²) in [6.07, 6.45) is 3.61. The molecule has 0 heterocycles. The molecule has 4 nitrogen and oxygen atoms in total. The molecule has 0 saturated carbocycles. The van der Waals surface area contributed by atoms with E-state index in [-0.39, 0.29) is 11.4 Å². The highest BCUT2D eigenvalue weighted by Crippen LogP contribution is 2.29. The minimum absolute atomic E-state index is 0.0334. The molecule has 1 rings (SSSR count). The normalized spacial score (nSPS) is 10.5. The summed E-state index contributed by atoms with van der Waals surface area (Å²) >= 11 is 3.17. The van der Waals surface area contributed by atoms with Crippen molar-refractivity contribution in [2.24, 2.45) is 0 Å². The van der Waals surface area contributed by atoms with Gasteiger partial charge in [-0.2, -0.15) is 0 Å². The number of benzene rings is 1. The molecule has 0 aliphatic heterocycles. The van der Waals surface area contributed by atoms with Crippen LogP contribution >= 0.6 is 15.9 Å². The molecule has 1 aromatic rings. The van der Waals surface area contributed by atoms with Crippen molar-refractivity contribution >= 4 is 21.6 Å². The number of nitro groups is 1. The lowest BCUT2D eigenvalue weighted by Crippen LogP contribution is -1.98. The van der Waals surface area contributed by atoms with Crippen LogP contribution in [0.5, 0.6) is 5.75 Å². The zero-order valence-corrected chi connectivity index (χ0v) is 9.73. The van der Waals surface area contributed by atoms with Crippen LogP contribution in [0, 0.1) is 10.1 Å². The van der Waals surface area contributed by atoms with Crippen molar-refractivity contribution in [1.29, 1.82) is 0 Å². The maximum absolute atomic E-state index is 10.7. The molecule has 80 valence electrons. The van der Waals surface area contributed by atoms with Gasteiger partial charge in [-0.25, -0.2) is 0 Å². The van der Waals surface area contributed by atoms with Gasteiger partial charge in [0.2, 0.25) is 0 Å². The second-order valence-corrected chi connectivity index (χ2v) is 3.66. The summed E-state index contributed by atoms with van der Waals surface area (Å²) in [7, 11) is 0. The first-order valence-corrected chi connectivity index (χ1v) is 5.12. The van der Waals surface area contributed by atoms with Crippen LogP contribution in [0.15, 0.2) is 34.8 Å². The standard InChI is InChI=1S/C10H10BrNO3/c1-2-3-6-15-10-5-4-8(11)7-9(10)12(13)14/h2-5,7H,6H2,1H3. The zero-order chi connectivity index (χ0) is 11.3. The molecule has 0 fully saturated rings. The molecule has 0 radical (unpaired) electrons. The highest BCUT2D eigenvalue weighted by atomic mass is 79.9. The van der Waals surface area contributed by atoms with Crippen LogP contribution in [0.4, 0.5) is 5.69 Å². The van der Waals surface area contributed by atoms with Gasteiger partial charge in [0.25, 0.3) is 0 Å². The first kappa shape index (κ1) is 11.7. The second kappa shape index (κ2) is 5.50. The van der Waals surface area contributed by atoms with Gasteiger partial charge in [0.1, 0.15) is 6.61 Å². The van der Waals surface area contributed by atoms with Crippen LogP contribution in [0.2, 0.25) is 0 Å². The van der Waals surface area contributed by atoms with Gasteiger partial charge in [-0.1, -0.05) is 28.1 Å². The predicted octanol–water partition coefficient (Wildman–Crippen LogP) is 3.31. The maximum atomic E-state index is 10.7. The van der Waals surface area contributed by atoms with Gasteiger partial charge in [-0.05, 0) is 19.1 Å². The Labute approximate surface area is 95.8 Å². The number of hydrogen-bond acceptors (Lipinski definition) is 3. The predicted molar refractivity (Wildman–Crippen MR) is 61.1 cm³/mol.